The van der Waals surface area contributed by atoms with Crippen LogP contribution in [0.1, 0.15) is 59.5 Å². The van der Waals surface area contributed by atoms with Crippen LogP contribution in [0.4, 0.5) is 5.69 Å². The van der Waals surface area contributed by atoms with Gasteiger partial charge in [-0.1, -0.05) is 53.7 Å². The molecule has 3 aromatic carbocycles. The van der Waals surface area contributed by atoms with Crippen LogP contribution in [0.3, 0.4) is 0 Å². The molecule has 0 aromatic heterocycles. The smallest absolute Gasteiger partial charge is 0.328 e. The SMILES string of the molecule is COc1ccc(OCCCCN2CCC(C(=O)c3ccc(C)cc3)CC2)c(C2Sc3ccccc3N2C(C)=O)c1.O=C(O)C=CC(=O)O. The largest absolute Gasteiger partial charge is 0.497 e. The van der Waals surface area contributed by atoms with Gasteiger partial charge >= 0.3 is 11.9 Å². The van der Waals surface area contributed by atoms with E-state index in [2.05, 4.69) is 11.0 Å². The van der Waals surface area contributed by atoms with Gasteiger partial charge in [0.05, 0.1) is 19.4 Å². The normalized spacial score (nSPS) is 16.1. The summed E-state index contributed by atoms with van der Waals surface area (Å²) in [6.07, 6.45) is 4.93. The Bertz CT molecular complexity index is 1600. The first kappa shape index (κ1) is 36.2. The van der Waals surface area contributed by atoms with Crippen LogP contribution in [0, 0.1) is 12.8 Å². The van der Waals surface area contributed by atoms with E-state index in [1.165, 1.54) is 5.56 Å². The van der Waals surface area contributed by atoms with Gasteiger partial charge in [0.1, 0.15) is 16.9 Å². The summed E-state index contributed by atoms with van der Waals surface area (Å²) < 4.78 is 11.8. The molecule has 0 aliphatic carbocycles. The molecule has 0 radical (unpaired) electrons. The van der Waals surface area contributed by atoms with Crippen molar-refractivity contribution in [3.63, 3.8) is 0 Å². The van der Waals surface area contributed by atoms with Crippen LogP contribution in [0.15, 0.2) is 83.8 Å². The molecule has 1 unspecified atom stereocenters. The molecule has 3 aromatic rings. The van der Waals surface area contributed by atoms with Gasteiger partial charge < -0.3 is 24.6 Å². The van der Waals surface area contributed by atoms with Crippen molar-refractivity contribution in [3.05, 3.63) is 95.6 Å². The highest BCUT2D eigenvalue weighted by atomic mass is 32.2. The minimum Gasteiger partial charge on any atom is -0.497 e. The number of carboxylic acid groups (broad SMARTS) is 2. The van der Waals surface area contributed by atoms with E-state index in [4.69, 9.17) is 19.7 Å². The highest BCUT2D eigenvalue weighted by Crippen LogP contribution is 2.53. The first-order valence-electron chi connectivity index (χ1n) is 15.9. The highest BCUT2D eigenvalue weighted by Gasteiger charge is 2.36. The quantitative estimate of drug-likeness (QED) is 0.123. The molecular weight excluding hydrogens is 632 g/mol. The first-order chi connectivity index (χ1) is 23.1. The van der Waals surface area contributed by atoms with Gasteiger partial charge in [-0.05, 0) is 82.6 Å². The van der Waals surface area contributed by atoms with Crippen molar-refractivity contribution in [2.45, 2.75) is 49.8 Å². The fourth-order valence-electron chi connectivity index (χ4n) is 5.70. The predicted octanol–water partition coefficient (Wildman–Crippen LogP) is 6.63. The van der Waals surface area contributed by atoms with Crippen LogP contribution in [0.5, 0.6) is 11.5 Å². The van der Waals surface area contributed by atoms with Crippen LogP contribution < -0.4 is 14.4 Å². The lowest BCUT2D eigenvalue weighted by molar-refractivity contribution is -0.134. The Hall–Kier alpha value is -4.61. The van der Waals surface area contributed by atoms with Crippen LogP contribution >= 0.6 is 11.8 Å². The zero-order chi connectivity index (χ0) is 34.6. The van der Waals surface area contributed by atoms with Gasteiger partial charge in [0.25, 0.3) is 0 Å². The Morgan fingerprint density at radius 2 is 1.58 bits per heavy atom. The summed E-state index contributed by atoms with van der Waals surface area (Å²) in [4.78, 5) is 50.0. The van der Waals surface area contributed by atoms with Crippen molar-refractivity contribution in [1.82, 2.24) is 4.90 Å². The highest BCUT2D eigenvalue weighted by molar-refractivity contribution is 8.00. The minimum atomic E-state index is -1.26. The number of aliphatic carboxylic acids is 2. The third-order valence-corrected chi connectivity index (χ3v) is 9.50. The number of anilines is 1. The van der Waals surface area contributed by atoms with E-state index >= 15 is 0 Å². The van der Waals surface area contributed by atoms with Crippen LogP contribution in [-0.4, -0.2) is 72.1 Å². The number of para-hydroxylation sites is 1. The number of carbonyl (C=O) groups is 4. The number of fused-ring (bicyclic) bond motifs is 1. The number of carboxylic acids is 2. The fourth-order valence-corrected chi connectivity index (χ4v) is 7.07. The van der Waals surface area contributed by atoms with Crippen molar-refractivity contribution in [1.29, 1.82) is 0 Å². The molecule has 11 heteroatoms. The molecule has 1 atom stereocenters. The van der Waals surface area contributed by atoms with Gasteiger partial charge in [0.15, 0.2) is 5.78 Å². The van der Waals surface area contributed by atoms with Gasteiger partial charge in [0.2, 0.25) is 5.91 Å². The second kappa shape index (κ2) is 17.5. The van der Waals surface area contributed by atoms with E-state index in [9.17, 15) is 19.2 Å². The number of unbranched alkanes of at least 4 members (excludes halogenated alkanes) is 1. The fraction of sp³-hybridized carbons (Fsp3) is 0.351. The minimum absolute atomic E-state index is 0.000515. The predicted molar refractivity (Wildman–Crippen MR) is 185 cm³/mol. The number of piperidine rings is 1. The summed E-state index contributed by atoms with van der Waals surface area (Å²) in [5, 5.41) is 15.4. The molecule has 5 rings (SSSR count). The lowest BCUT2D eigenvalue weighted by Gasteiger charge is -2.31. The number of Topliss-reactive ketones (excluding diaryl/α,β-unsaturated/α-hetero) is 1. The van der Waals surface area contributed by atoms with Crippen LogP contribution in [-0.2, 0) is 14.4 Å². The van der Waals surface area contributed by atoms with Crippen molar-refractivity contribution in [2.24, 2.45) is 5.92 Å². The van der Waals surface area contributed by atoms with E-state index in [1.807, 2.05) is 72.5 Å². The number of aryl methyl sites for hydroxylation is 1. The summed E-state index contributed by atoms with van der Waals surface area (Å²) in [6.45, 7) is 7.20. The number of amides is 1. The molecule has 1 saturated heterocycles. The van der Waals surface area contributed by atoms with Gasteiger partial charge in [-0.25, -0.2) is 9.59 Å². The number of rotatable bonds is 12. The number of nitrogens with zero attached hydrogens (tertiary/aromatic N) is 2. The molecule has 1 amide bonds. The summed E-state index contributed by atoms with van der Waals surface area (Å²) in [6, 6.07) is 21.8. The Balaban J connectivity index is 0.000000579. The van der Waals surface area contributed by atoms with E-state index in [0.717, 1.165) is 78.5 Å². The molecule has 1 fully saturated rings. The molecule has 0 saturated carbocycles. The van der Waals surface area contributed by atoms with Crippen molar-refractivity contribution >= 4 is 41.1 Å². The molecule has 48 heavy (non-hydrogen) atoms. The maximum Gasteiger partial charge on any atom is 0.328 e. The monoisotopic (exact) mass is 674 g/mol. The maximum absolute atomic E-state index is 12.9. The molecule has 2 N–H and O–H groups in total. The molecule has 2 aliphatic rings. The van der Waals surface area contributed by atoms with Crippen molar-refractivity contribution in [3.8, 4) is 11.5 Å². The van der Waals surface area contributed by atoms with Crippen LogP contribution in [0.2, 0.25) is 0 Å². The average Bonchev–Trinajstić information content (AvgIpc) is 3.48. The van der Waals surface area contributed by atoms with Crippen LogP contribution in [0.25, 0.3) is 0 Å². The number of ketones is 1. The molecule has 2 heterocycles. The standard InChI is InChI=1S/C33H38N2O4S.C4H4O4/c1-23-10-12-25(13-11-23)32(37)26-16-19-34(20-17-26)18-6-7-21-39-30-15-14-27(38-3)22-28(30)33-35(24(2)36)29-8-4-5-9-31(29)40-33;5-3(6)1-2-4(7)8/h4-5,8-15,22,26,33H,6-7,16-21H2,1-3H3;1-2H,(H,5,6)(H,7,8). The second-order valence-corrected chi connectivity index (χ2v) is 12.8. The van der Waals surface area contributed by atoms with Crippen molar-refractivity contribution < 1.29 is 38.9 Å². The zero-order valence-corrected chi connectivity index (χ0v) is 28.3. The number of carbonyl (C=O) groups excluding carboxylic acids is 2. The van der Waals surface area contributed by atoms with Crippen molar-refractivity contribution in [2.75, 3.05) is 38.3 Å². The molecule has 2 aliphatic heterocycles. The summed E-state index contributed by atoms with van der Waals surface area (Å²) in [7, 11) is 1.65. The lowest BCUT2D eigenvalue weighted by Crippen LogP contribution is -2.37. The van der Waals surface area contributed by atoms with Gasteiger partial charge in [-0.3, -0.25) is 14.5 Å². The second-order valence-electron chi connectivity index (χ2n) is 11.6. The number of likely N-dealkylation sites (tertiary alicyclic amines) is 1. The number of hydrogen-bond donors (Lipinski definition) is 2. The number of ether oxygens (including phenoxy) is 2. The molecule has 254 valence electrons. The maximum atomic E-state index is 12.9. The first-order valence-corrected chi connectivity index (χ1v) is 16.8. The number of hydrogen-bond acceptors (Lipinski definition) is 8. The molecule has 0 spiro atoms. The Morgan fingerprint density at radius 3 is 2.21 bits per heavy atom. The Kier molecular flexibility index (Phi) is 13.2. The van der Waals surface area contributed by atoms with E-state index in [0.29, 0.717) is 18.8 Å². The summed E-state index contributed by atoms with van der Waals surface area (Å²) >= 11 is 1.66. The number of benzene rings is 3. The molecule has 10 nitrogen and oxygen atoms in total. The number of methoxy groups -OCH3 is 1. The molecule has 0 bridgehead atoms. The van der Waals surface area contributed by atoms with Gasteiger partial charge in [-0.2, -0.15) is 0 Å². The van der Waals surface area contributed by atoms with E-state index < -0.39 is 11.9 Å². The Morgan fingerprint density at radius 1 is 0.917 bits per heavy atom. The Labute approximate surface area is 285 Å². The van der Waals surface area contributed by atoms with Gasteiger partial charge in [-0.15, -0.1) is 0 Å². The van der Waals surface area contributed by atoms with Gasteiger partial charge in [0, 0.05) is 41.0 Å². The zero-order valence-electron chi connectivity index (χ0n) is 27.5. The average molecular weight is 675 g/mol. The van der Waals surface area contributed by atoms with E-state index in [1.54, 1.807) is 25.8 Å². The lowest BCUT2D eigenvalue weighted by atomic mass is 9.88. The summed E-state index contributed by atoms with van der Waals surface area (Å²) in [5.41, 5.74) is 3.89. The summed E-state index contributed by atoms with van der Waals surface area (Å²) in [5.74, 6) is -0.569. The number of thioether (sulfide) groups is 1. The molecular formula is C37H42N2O8S. The van der Waals surface area contributed by atoms with E-state index in [-0.39, 0.29) is 23.0 Å². The third-order valence-electron chi connectivity index (χ3n) is 8.21. The topological polar surface area (TPSA) is 134 Å². The third kappa shape index (κ3) is 9.95.